The normalized spacial score (nSPS) is 25.5. The van der Waals surface area contributed by atoms with Crippen LogP contribution >= 0.6 is 11.8 Å². The van der Waals surface area contributed by atoms with E-state index in [9.17, 15) is 0 Å². The number of hydrogen-bond donors (Lipinski definition) is 1. The van der Waals surface area contributed by atoms with E-state index in [-0.39, 0.29) is 0 Å². The predicted octanol–water partition coefficient (Wildman–Crippen LogP) is 0.350. The second kappa shape index (κ2) is 1.78. The van der Waals surface area contributed by atoms with Crippen molar-refractivity contribution >= 4 is 11.8 Å². The van der Waals surface area contributed by atoms with Crippen LogP contribution in [0.4, 0.5) is 0 Å². The number of halogens is 1. The molecule has 36 valence electrons. The Morgan fingerprint density at radius 1 is 1.67 bits per heavy atom. The van der Waals surface area contributed by atoms with Crippen LogP contribution in [0.3, 0.4) is 0 Å². The predicted molar refractivity (Wildman–Crippen MR) is 25.2 cm³/mol. The Hall–Kier alpha value is 0.210. The zero-order valence-corrected chi connectivity index (χ0v) is 4.20. The largest absolute Gasteiger partial charge is 0.241 e. The Kier molecular flexibility index (Phi) is 1.29. The van der Waals surface area contributed by atoms with Crippen molar-refractivity contribution in [3.63, 3.8) is 0 Å². The van der Waals surface area contributed by atoms with Crippen molar-refractivity contribution in [2.24, 2.45) is 0 Å². The second-order valence-electron chi connectivity index (χ2n) is 1.35. The van der Waals surface area contributed by atoms with E-state index in [4.69, 9.17) is 11.8 Å². The third-order valence-electron chi connectivity index (χ3n) is 0.815. The standard InChI is InChI=1S/C3H7ClN2/c4-6-3-1-2-5-6/h5H,1-3H2. The summed E-state index contributed by atoms with van der Waals surface area (Å²) in [7, 11) is 0. The number of nitrogens with one attached hydrogen (secondary N) is 1. The average Bonchev–Trinajstić information content (AvgIpc) is 1.86. The van der Waals surface area contributed by atoms with E-state index in [1.54, 1.807) is 4.53 Å². The zero-order valence-electron chi connectivity index (χ0n) is 3.45. The zero-order chi connectivity index (χ0) is 4.41. The first kappa shape index (κ1) is 4.37. The van der Waals surface area contributed by atoms with Gasteiger partial charge >= 0.3 is 0 Å². The summed E-state index contributed by atoms with van der Waals surface area (Å²) in [6.45, 7) is 2.01. The molecule has 1 aliphatic rings. The van der Waals surface area contributed by atoms with E-state index in [1.807, 2.05) is 0 Å². The summed E-state index contributed by atoms with van der Waals surface area (Å²) in [5.74, 6) is 0. The highest BCUT2D eigenvalue weighted by molar-refractivity contribution is 6.13. The smallest absolute Gasteiger partial charge is 0.0308 e. The van der Waals surface area contributed by atoms with Gasteiger partial charge in [0.1, 0.15) is 0 Å². The van der Waals surface area contributed by atoms with E-state index in [0.29, 0.717) is 0 Å². The van der Waals surface area contributed by atoms with Crippen molar-refractivity contribution in [2.75, 3.05) is 13.1 Å². The number of rotatable bonds is 0. The SMILES string of the molecule is ClN1CCCN1. The Bertz CT molecular complexity index is 42.1. The molecule has 0 aromatic heterocycles. The van der Waals surface area contributed by atoms with Crippen LogP contribution in [0.25, 0.3) is 0 Å². The molecule has 0 bridgehead atoms. The van der Waals surface area contributed by atoms with Crippen molar-refractivity contribution in [2.45, 2.75) is 6.42 Å². The lowest BCUT2D eigenvalue weighted by Crippen LogP contribution is -2.19. The first-order valence-electron chi connectivity index (χ1n) is 2.06. The van der Waals surface area contributed by atoms with Gasteiger partial charge in [0.05, 0.1) is 0 Å². The molecule has 3 heteroatoms. The molecule has 1 aliphatic heterocycles. The fraction of sp³-hybridized carbons (Fsp3) is 1.00. The van der Waals surface area contributed by atoms with Gasteiger partial charge in [-0.3, -0.25) is 0 Å². The summed E-state index contributed by atoms with van der Waals surface area (Å²) in [5.41, 5.74) is 2.92. The molecule has 1 fully saturated rings. The first-order valence-corrected chi connectivity index (χ1v) is 2.40. The van der Waals surface area contributed by atoms with E-state index >= 15 is 0 Å². The first-order chi connectivity index (χ1) is 2.89. The third kappa shape index (κ3) is 0.834. The molecule has 0 radical (unpaired) electrons. The van der Waals surface area contributed by atoms with Crippen LogP contribution in [0.1, 0.15) is 6.42 Å². The molecule has 0 atom stereocenters. The molecule has 2 nitrogen and oxygen atoms in total. The van der Waals surface area contributed by atoms with Crippen LogP contribution in [-0.4, -0.2) is 17.6 Å². The fourth-order valence-electron chi connectivity index (χ4n) is 0.497. The Balaban J connectivity index is 2.18. The van der Waals surface area contributed by atoms with Gasteiger partial charge in [0.15, 0.2) is 0 Å². The van der Waals surface area contributed by atoms with Crippen LogP contribution < -0.4 is 5.43 Å². The van der Waals surface area contributed by atoms with Crippen LogP contribution in [0.2, 0.25) is 0 Å². The Labute approximate surface area is 42.2 Å². The fourth-order valence-corrected chi connectivity index (χ4v) is 0.701. The maximum atomic E-state index is 5.43. The van der Waals surface area contributed by atoms with Crippen molar-refractivity contribution in [3.05, 3.63) is 0 Å². The molecular formula is C3H7ClN2. The molecule has 1 heterocycles. The minimum absolute atomic E-state index is 0.974. The van der Waals surface area contributed by atoms with Gasteiger partial charge in [-0.2, -0.15) is 4.53 Å². The van der Waals surface area contributed by atoms with Gasteiger partial charge in [-0.15, -0.1) is 0 Å². The topological polar surface area (TPSA) is 15.3 Å². The highest BCUT2D eigenvalue weighted by atomic mass is 35.5. The number of hydrogen-bond acceptors (Lipinski definition) is 2. The molecule has 0 aromatic rings. The van der Waals surface area contributed by atoms with Crippen LogP contribution in [-0.2, 0) is 0 Å². The van der Waals surface area contributed by atoms with Crippen molar-refractivity contribution in [1.82, 2.24) is 9.95 Å². The molecule has 6 heavy (non-hydrogen) atoms. The van der Waals surface area contributed by atoms with Crippen LogP contribution in [0.15, 0.2) is 0 Å². The van der Waals surface area contributed by atoms with Crippen molar-refractivity contribution in [3.8, 4) is 0 Å². The number of hydrazine groups is 1. The lowest BCUT2D eigenvalue weighted by Gasteiger charge is -1.98. The molecular weight excluding hydrogens is 99.5 g/mol. The van der Waals surface area contributed by atoms with Crippen LogP contribution in [0, 0.1) is 0 Å². The molecule has 0 aromatic carbocycles. The summed E-state index contributed by atoms with van der Waals surface area (Å²) < 4.78 is 1.58. The molecule has 0 spiro atoms. The maximum Gasteiger partial charge on any atom is 0.0308 e. The van der Waals surface area contributed by atoms with Gasteiger partial charge in [-0.1, -0.05) is 0 Å². The van der Waals surface area contributed by atoms with Gasteiger partial charge in [0.2, 0.25) is 0 Å². The summed E-state index contributed by atoms with van der Waals surface area (Å²) in [6.07, 6.45) is 1.17. The minimum Gasteiger partial charge on any atom is -0.241 e. The number of nitrogens with zero attached hydrogens (tertiary/aromatic N) is 1. The van der Waals surface area contributed by atoms with E-state index in [2.05, 4.69) is 5.43 Å². The van der Waals surface area contributed by atoms with Gasteiger partial charge < -0.3 is 0 Å². The lowest BCUT2D eigenvalue weighted by molar-refractivity contribution is 0.443. The Morgan fingerprint density at radius 2 is 2.50 bits per heavy atom. The quantitative estimate of drug-likeness (QED) is 0.449. The van der Waals surface area contributed by atoms with Gasteiger partial charge in [-0.05, 0) is 18.2 Å². The summed E-state index contributed by atoms with van der Waals surface area (Å²) in [4.78, 5) is 0. The monoisotopic (exact) mass is 106 g/mol. The van der Waals surface area contributed by atoms with Crippen molar-refractivity contribution < 1.29 is 0 Å². The second-order valence-corrected chi connectivity index (χ2v) is 1.76. The summed E-state index contributed by atoms with van der Waals surface area (Å²) >= 11 is 5.43. The summed E-state index contributed by atoms with van der Waals surface area (Å²) in [6, 6.07) is 0. The van der Waals surface area contributed by atoms with Gasteiger partial charge in [0.25, 0.3) is 0 Å². The lowest BCUT2D eigenvalue weighted by atomic mass is 10.5. The maximum absolute atomic E-state index is 5.43. The van der Waals surface area contributed by atoms with Gasteiger partial charge in [0, 0.05) is 13.1 Å². The molecule has 0 saturated carbocycles. The van der Waals surface area contributed by atoms with E-state index in [0.717, 1.165) is 13.1 Å². The van der Waals surface area contributed by atoms with E-state index < -0.39 is 0 Å². The van der Waals surface area contributed by atoms with Crippen LogP contribution in [0.5, 0.6) is 0 Å². The molecule has 1 N–H and O–H groups in total. The Morgan fingerprint density at radius 3 is 2.67 bits per heavy atom. The molecule has 0 unspecified atom stereocenters. The van der Waals surface area contributed by atoms with E-state index in [1.165, 1.54) is 6.42 Å². The van der Waals surface area contributed by atoms with Crippen molar-refractivity contribution in [1.29, 1.82) is 0 Å². The highest BCUT2D eigenvalue weighted by Crippen LogP contribution is 1.96. The molecule has 1 rings (SSSR count). The highest BCUT2D eigenvalue weighted by Gasteiger charge is 2.04. The summed E-state index contributed by atoms with van der Waals surface area (Å²) in [5, 5.41) is 0. The third-order valence-corrected chi connectivity index (χ3v) is 1.10. The minimum atomic E-state index is 0.974. The average molecular weight is 107 g/mol. The molecule has 1 saturated heterocycles. The molecule has 0 aliphatic carbocycles. The molecule has 0 amide bonds. The van der Waals surface area contributed by atoms with Gasteiger partial charge in [-0.25, -0.2) is 5.43 Å².